The van der Waals surface area contributed by atoms with Crippen molar-refractivity contribution in [3.05, 3.63) is 35.4 Å². The first-order valence-corrected chi connectivity index (χ1v) is 9.11. The summed E-state index contributed by atoms with van der Waals surface area (Å²) in [4.78, 5) is 12.2. The van der Waals surface area contributed by atoms with E-state index in [2.05, 4.69) is 26.1 Å². The Kier molecular flexibility index (Phi) is 4.42. The SMILES string of the molecule is CC(C)(C)c1ccc(C(=O)NC2CCS(=O)(=O)CC2)cc1. The van der Waals surface area contributed by atoms with Gasteiger partial charge in [0.2, 0.25) is 0 Å². The zero-order valence-electron chi connectivity index (χ0n) is 12.8. The van der Waals surface area contributed by atoms with Crippen LogP contribution in [0.4, 0.5) is 0 Å². The van der Waals surface area contributed by atoms with Crippen LogP contribution in [0.15, 0.2) is 24.3 Å². The maximum Gasteiger partial charge on any atom is 0.251 e. The van der Waals surface area contributed by atoms with Gasteiger partial charge in [0.1, 0.15) is 9.84 Å². The predicted molar refractivity (Wildman–Crippen MR) is 84.3 cm³/mol. The Labute approximate surface area is 126 Å². The number of carbonyl (C=O) groups is 1. The maximum absolute atomic E-state index is 12.2. The molecule has 1 aromatic rings. The largest absolute Gasteiger partial charge is 0.349 e. The van der Waals surface area contributed by atoms with Gasteiger partial charge in [0.05, 0.1) is 11.5 Å². The van der Waals surface area contributed by atoms with Crippen LogP contribution in [0.5, 0.6) is 0 Å². The Bertz CT molecular complexity index is 598. The minimum Gasteiger partial charge on any atom is -0.349 e. The summed E-state index contributed by atoms with van der Waals surface area (Å²) in [6.07, 6.45) is 1.02. The number of amides is 1. The van der Waals surface area contributed by atoms with E-state index in [1.54, 1.807) is 0 Å². The highest BCUT2D eigenvalue weighted by Crippen LogP contribution is 2.22. The number of rotatable bonds is 2. The lowest BCUT2D eigenvalue weighted by molar-refractivity contribution is 0.0934. The monoisotopic (exact) mass is 309 g/mol. The molecule has 0 aliphatic carbocycles. The molecule has 0 unspecified atom stereocenters. The van der Waals surface area contributed by atoms with Gasteiger partial charge in [-0.2, -0.15) is 0 Å². The molecule has 1 saturated heterocycles. The standard InChI is InChI=1S/C16H23NO3S/c1-16(2,3)13-6-4-12(5-7-13)15(18)17-14-8-10-21(19,20)11-9-14/h4-7,14H,8-11H2,1-3H3,(H,17,18). The van der Waals surface area contributed by atoms with Gasteiger partial charge in [-0.1, -0.05) is 32.9 Å². The summed E-state index contributed by atoms with van der Waals surface area (Å²) in [7, 11) is -2.89. The first-order chi connectivity index (χ1) is 9.67. The van der Waals surface area contributed by atoms with Crippen molar-refractivity contribution in [2.45, 2.75) is 45.1 Å². The number of benzene rings is 1. The molecule has 0 spiro atoms. The van der Waals surface area contributed by atoms with Crippen LogP contribution in [-0.2, 0) is 15.3 Å². The van der Waals surface area contributed by atoms with E-state index in [-0.39, 0.29) is 28.9 Å². The van der Waals surface area contributed by atoms with Crippen molar-refractivity contribution in [1.82, 2.24) is 5.32 Å². The molecule has 0 radical (unpaired) electrons. The summed E-state index contributed by atoms with van der Waals surface area (Å²) in [5.41, 5.74) is 1.87. The highest BCUT2D eigenvalue weighted by atomic mass is 32.2. The van der Waals surface area contributed by atoms with Gasteiger partial charge in [-0.05, 0) is 36.0 Å². The quantitative estimate of drug-likeness (QED) is 0.911. The van der Waals surface area contributed by atoms with E-state index in [0.717, 1.165) is 0 Å². The van der Waals surface area contributed by atoms with Crippen LogP contribution in [-0.4, -0.2) is 31.9 Å². The summed E-state index contributed by atoms with van der Waals surface area (Å²) in [5.74, 6) is 0.210. The second-order valence-electron chi connectivity index (χ2n) is 6.73. The summed E-state index contributed by atoms with van der Waals surface area (Å²) in [6.45, 7) is 6.39. The van der Waals surface area contributed by atoms with Gasteiger partial charge in [-0.15, -0.1) is 0 Å². The molecule has 1 aromatic carbocycles. The zero-order valence-corrected chi connectivity index (χ0v) is 13.7. The van der Waals surface area contributed by atoms with E-state index >= 15 is 0 Å². The molecule has 0 saturated carbocycles. The minimum absolute atomic E-state index is 0.0386. The molecule has 1 heterocycles. The van der Waals surface area contributed by atoms with Crippen molar-refractivity contribution in [1.29, 1.82) is 0 Å². The van der Waals surface area contributed by atoms with Gasteiger partial charge in [0, 0.05) is 11.6 Å². The average molecular weight is 309 g/mol. The van der Waals surface area contributed by atoms with Crippen molar-refractivity contribution in [2.24, 2.45) is 0 Å². The Balaban J connectivity index is 1.98. The molecule has 1 amide bonds. The molecule has 1 N–H and O–H groups in total. The number of hydrogen-bond donors (Lipinski definition) is 1. The van der Waals surface area contributed by atoms with Crippen LogP contribution < -0.4 is 5.32 Å². The summed E-state index contributed by atoms with van der Waals surface area (Å²) >= 11 is 0. The van der Waals surface area contributed by atoms with Crippen LogP contribution in [0.3, 0.4) is 0 Å². The minimum atomic E-state index is -2.89. The fourth-order valence-corrected chi connectivity index (χ4v) is 3.92. The fraction of sp³-hybridized carbons (Fsp3) is 0.562. The van der Waals surface area contributed by atoms with Crippen LogP contribution in [0.25, 0.3) is 0 Å². The topological polar surface area (TPSA) is 63.2 Å². The van der Waals surface area contributed by atoms with E-state index in [0.29, 0.717) is 18.4 Å². The number of carbonyl (C=O) groups excluding carboxylic acids is 1. The summed E-state index contributed by atoms with van der Waals surface area (Å²) in [5, 5.41) is 2.93. The van der Waals surface area contributed by atoms with E-state index in [9.17, 15) is 13.2 Å². The molecule has 21 heavy (non-hydrogen) atoms. The van der Waals surface area contributed by atoms with E-state index in [1.165, 1.54) is 5.56 Å². The molecule has 0 atom stereocenters. The third kappa shape index (κ3) is 4.30. The molecule has 1 fully saturated rings. The first-order valence-electron chi connectivity index (χ1n) is 7.29. The second-order valence-corrected chi connectivity index (χ2v) is 9.03. The number of sulfone groups is 1. The maximum atomic E-state index is 12.2. The van der Waals surface area contributed by atoms with Crippen LogP contribution in [0.2, 0.25) is 0 Å². The molecular formula is C16H23NO3S. The van der Waals surface area contributed by atoms with Crippen LogP contribution >= 0.6 is 0 Å². The van der Waals surface area contributed by atoms with Crippen molar-refractivity contribution in [2.75, 3.05) is 11.5 Å². The van der Waals surface area contributed by atoms with Crippen LogP contribution in [0.1, 0.15) is 49.5 Å². The average Bonchev–Trinajstić information content (AvgIpc) is 2.40. The van der Waals surface area contributed by atoms with E-state index in [1.807, 2.05) is 24.3 Å². The normalized spacial score (nSPS) is 19.2. The third-order valence-corrected chi connectivity index (χ3v) is 5.62. The molecule has 5 heteroatoms. The predicted octanol–water partition coefficient (Wildman–Crippen LogP) is 2.29. The summed E-state index contributed by atoms with van der Waals surface area (Å²) < 4.78 is 22.7. The Morgan fingerprint density at radius 2 is 1.62 bits per heavy atom. The molecule has 1 aliphatic heterocycles. The Morgan fingerprint density at radius 1 is 1.10 bits per heavy atom. The molecule has 1 aliphatic rings. The molecule has 116 valence electrons. The smallest absolute Gasteiger partial charge is 0.251 e. The van der Waals surface area contributed by atoms with Gasteiger partial charge in [-0.3, -0.25) is 4.79 Å². The lowest BCUT2D eigenvalue weighted by atomic mass is 9.86. The molecule has 0 aromatic heterocycles. The first kappa shape index (κ1) is 16.0. The molecule has 0 bridgehead atoms. The van der Waals surface area contributed by atoms with Gasteiger partial charge >= 0.3 is 0 Å². The molecule has 4 nitrogen and oxygen atoms in total. The zero-order chi connectivity index (χ0) is 15.7. The van der Waals surface area contributed by atoms with Gasteiger partial charge in [0.25, 0.3) is 5.91 Å². The van der Waals surface area contributed by atoms with Gasteiger partial charge < -0.3 is 5.32 Å². The second kappa shape index (κ2) is 5.79. The highest BCUT2D eigenvalue weighted by molar-refractivity contribution is 7.91. The van der Waals surface area contributed by atoms with Crippen molar-refractivity contribution in [3.63, 3.8) is 0 Å². The van der Waals surface area contributed by atoms with Crippen molar-refractivity contribution < 1.29 is 13.2 Å². The molecular weight excluding hydrogens is 286 g/mol. The van der Waals surface area contributed by atoms with Gasteiger partial charge in [-0.25, -0.2) is 8.42 Å². The van der Waals surface area contributed by atoms with Gasteiger partial charge in [0.15, 0.2) is 0 Å². The Morgan fingerprint density at radius 3 is 2.10 bits per heavy atom. The van der Waals surface area contributed by atoms with E-state index < -0.39 is 9.84 Å². The van der Waals surface area contributed by atoms with Crippen LogP contribution in [0, 0.1) is 0 Å². The van der Waals surface area contributed by atoms with Crippen molar-refractivity contribution in [3.8, 4) is 0 Å². The Hall–Kier alpha value is -1.36. The number of nitrogens with one attached hydrogen (secondary N) is 1. The summed E-state index contributed by atoms with van der Waals surface area (Å²) in [6, 6.07) is 7.56. The van der Waals surface area contributed by atoms with E-state index in [4.69, 9.17) is 0 Å². The lowest BCUT2D eigenvalue weighted by Gasteiger charge is -2.23. The lowest BCUT2D eigenvalue weighted by Crippen LogP contribution is -2.40. The highest BCUT2D eigenvalue weighted by Gasteiger charge is 2.25. The third-order valence-electron chi connectivity index (χ3n) is 3.90. The molecule has 2 rings (SSSR count). The fourth-order valence-electron chi connectivity index (χ4n) is 2.42. The number of hydrogen-bond acceptors (Lipinski definition) is 3. The van der Waals surface area contributed by atoms with Crippen molar-refractivity contribution >= 4 is 15.7 Å².